The molecule has 1 saturated heterocycles. The molecular weight excluding hydrogens is 490 g/mol. The Kier molecular flexibility index (Phi) is 8.58. The van der Waals surface area contributed by atoms with Gasteiger partial charge in [0.05, 0.1) is 14.2 Å². The fourth-order valence-corrected chi connectivity index (χ4v) is 4.63. The van der Waals surface area contributed by atoms with Crippen LogP contribution in [-0.4, -0.2) is 43.4 Å². The molecule has 0 aliphatic carbocycles. The molecule has 0 bridgehead atoms. The number of benzene rings is 2. The van der Waals surface area contributed by atoms with Gasteiger partial charge < -0.3 is 25.0 Å². The molecule has 8 nitrogen and oxygen atoms in total. The Labute approximate surface area is 219 Å². The first-order chi connectivity index (χ1) is 18.0. The molecule has 1 aliphatic rings. The minimum atomic E-state index is -0.445. The number of amides is 3. The lowest BCUT2D eigenvalue weighted by Gasteiger charge is -2.16. The van der Waals surface area contributed by atoms with E-state index in [9.17, 15) is 14.4 Å². The van der Waals surface area contributed by atoms with Crippen LogP contribution >= 0.6 is 11.3 Å². The maximum absolute atomic E-state index is 13.1. The second-order valence-corrected chi connectivity index (χ2v) is 9.49. The van der Waals surface area contributed by atoms with Crippen molar-refractivity contribution in [3.8, 4) is 11.5 Å². The van der Waals surface area contributed by atoms with Gasteiger partial charge in [0.2, 0.25) is 5.91 Å². The monoisotopic (exact) mass is 519 g/mol. The first kappa shape index (κ1) is 26.0. The SMILES string of the molecule is COc1ccc(C(=O)N/C(=C\c2cccs2)C(=O)NCc2ccc(CN3CCCC3=O)cc2)cc1OC. The van der Waals surface area contributed by atoms with Crippen LogP contribution in [0.5, 0.6) is 11.5 Å². The number of rotatable bonds is 10. The van der Waals surface area contributed by atoms with Gasteiger partial charge in [-0.3, -0.25) is 14.4 Å². The van der Waals surface area contributed by atoms with Gasteiger partial charge in [-0.25, -0.2) is 0 Å². The summed E-state index contributed by atoms with van der Waals surface area (Å²) in [5, 5.41) is 7.51. The summed E-state index contributed by atoms with van der Waals surface area (Å²) < 4.78 is 10.5. The van der Waals surface area contributed by atoms with Crippen molar-refractivity contribution in [3.05, 3.63) is 87.2 Å². The van der Waals surface area contributed by atoms with Crippen LogP contribution in [0.1, 0.15) is 39.2 Å². The highest BCUT2D eigenvalue weighted by Crippen LogP contribution is 2.27. The molecule has 37 heavy (non-hydrogen) atoms. The predicted molar refractivity (Wildman–Crippen MR) is 142 cm³/mol. The molecule has 0 spiro atoms. The first-order valence-corrected chi connectivity index (χ1v) is 12.8. The van der Waals surface area contributed by atoms with Crippen LogP contribution in [0.15, 0.2) is 65.7 Å². The van der Waals surface area contributed by atoms with E-state index in [1.807, 2.05) is 46.7 Å². The fraction of sp³-hybridized carbons (Fsp3) is 0.250. The van der Waals surface area contributed by atoms with E-state index in [1.54, 1.807) is 24.3 Å². The van der Waals surface area contributed by atoms with Gasteiger partial charge in [-0.05, 0) is 53.3 Å². The molecular formula is C28H29N3O5S. The molecule has 4 rings (SSSR count). The number of methoxy groups -OCH3 is 2. The lowest BCUT2D eigenvalue weighted by atomic mass is 10.1. The molecule has 0 radical (unpaired) electrons. The number of nitrogens with zero attached hydrogens (tertiary/aromatic N) is 1. The molecule has 9 heteroatoms. The summed E-state index contributed by atoms with van der Waals surface area (Å²) in [5.74, 6) is 0.260. The van der Waals surface area contributed by atoms with E-state index in [2.05, 4.69) is 10.6 Å². The topological polar surface area (TPSA) is 97.0 Å². The predicted octanol–water partition coefficient (Wildman–Crippen LogP) is 3.98. The molecule has 2 aromatic carbocycles. The number of likely N-dealkylation sites (tertiary alicyclic amines) is 1. The van der Waals surface area contributed by atoms with E-state index in [-0.39, 0.29) is 18.1 Å². The van der Waals surface area contributed by atoms with E-state index in [0.29, 0.717) is 30.0 Å². The first-order valence-electron chi connectivity index (χ1n) is 11.9. The fourth-order valence-electron chi connectivity index (χ4n) is 3.98. The van der Waals surface area contributed by atoms with Crippen LogP contribution in [0.2, 0.25) is 0 Å². The second kappa shape index (κ2) is 12.2. The van der Waals surface area contributed by atoms with E-state index >= 15 is 0 Å². The van der Waals surface area contributed by atoms with Gasteiger partial charge in [0.25, 0.3) is 11.8 Å². The summed E-state index contributed by atoms with van der Waals surface area (Å²) in [5.41, 5.74) is 2.42. The third-order valence-electron chi connectivity index (χ3n) is 5.99. The van der Waals surface area contributed by atoms with Crippen LogP contribution in [0, 0.1) is 0 Å². The van der Waals surface area contributed by atoms with Crippen LogP contribution in [0.25, 0.3) is 6.08 Å². The van der Waals surface area contributed by atoms with Crippen molar-refractivity contribution in [2.75, 3.05) is 20.8 Å². The molecule has 2 N–H and O–H groups in total. The van der Waals surface area contributed by atoms with Crippen molar-refractivity contribution >= 4 is 35.1 Å². The van der Waals surface area contributed by atoms with Crippen molar-refractivity contribution in [2.24, 2.45) is 0 Å². The van der Waals surface area contributed by atoms with Crippen molar-refractivity contribution in [2.45, 2.75) is 25.9 Å². The molecule has 0 saturated carbocycles. The quantitative estimate of drug-likeness (QED) is 0.395. The zero-order chi connectivity index (χ0) is 26.2. The highest BCUT2D eigenvalue weighted by atomic mass is 32.1. The Morgan fingerprint density at radius 3 is 2.43 bits per heavy atom. The lowest BCUT2D eigenvalue weighted by molar-refractivity contribution is -0.128. The molecule has 1 fully saturated rings. The molecule has 1 aromatic heterocycles. The Bertz CT molecular complexity index is 1290. The third-order valence-corrected chi connectivity index (χ3v) is 6.81. The summed E-state index contributed by atoms with van der Waals surface area (Å²) in [6.45, 7) is 1.68. The minimum absolute atomic E-state index is 0.131. The summed E-state index contributed by atoms with van der Waals surface area (Å²) in [6.07, 6.45) is 3.18. The van der Waals surface area contributed by atoms with E-state index in [4.69, 9.17) is 9.47 Å². The van der Waals surface area contributed by atoms with Crippen LogP contribution in [0.3, 0.4) is 0 Å². The number of hydrogen-bond acceptors (Lipinski definition) is 6. The summed E-state index contributed by atoms with van der Waals surface area (Å²) in [7, 11) is 3.01. The Morgan fingerprint density at radius 2 is 1.78 bits per heavy atom. The Morgan fingerprint density at radius 1 is 1.03 bits per heavy atom. The molecule has 3 aromatic rings. The molecule has 3 amide bonds. The van der Waals surface area contributed by atoms with E-state index in [1.165, 1.54) is 25.6 Å². The number of ether oxygens (including phenoxy) is 2. The highest BCUT2D eigenvalue weighted by Gasteiger charge is 2.20. The molecule has 0 unspecified atom stereocenters. The zero-order valence-corrected chi connectivity index (χ0v) is 21.6. The van der Waals surface area contributed by atoms with E-state index in [0.717, 1.165) is 29.0 Å². The summed E-state index contributed by atoms with van der Waals surface area (Å²) >= 11 is 1.46. The van der Waals surface area contributed by atoms with Gasteiger partial charge in [0.15, 0.2) is 11.5 Å². The summed E-state index contributed by atoms with van der Waals surface area (Å²) in [4.78, 5) is 40.6. The molecule has 2 heterocycles. The number of nitrogens with one attached hydrogen (secondary N) is 2. The highest BCUT2D eigenvalue weighted by molar-refractivity contribution is 7.10. The van der Waals surface area contributed by atoms with Crippen molar-refractivity contribution in [3.63, 3.8) is 0 Å². The van der Waals surface area contributed by atoms with Crippen LogP contribution in [-0.2, 0) is 22.7 Å². The number of thiophene rings is 1. The average molecular weight is 520 g/mol. The Hall–Kier alpha value is -4.11. The largest absolute Gasteiger partial charge is 0.493 e. The van der Waals surface area contributed by atoms with Crippen molar-refractivity contribution in [1.29, 1.82) is 0 Å². The number of carbonyl (C=O) groups is 3. The second-order valence-electron chi connectivity index (χ2n) is 8.52. The van der Waals surface area contributed by atoms with Gasteiger partial charge in [0, 0.05) is 36.5 Å². The van der Waals surface area contributed by atoms with Crippen LogP contribution < -0.4 is 20.1 Å². The molecule has 1 aliphatic heterocycles. The normalized spacial score (nSPS) is 13.4. The van der Waals surface area contributed by atoms with Gasteiger partial charge in [-0.1, -0.05) is 30.3 Å². The minimum Gasteiger partial charge on any atom is -0.493 e. The number of carbonyl (C=O) groups excluding carboxylic acids is 3. The Balaban J connectivity index is 1.42. The standard InChI is InChI=1S/C28H29N3O5S/c1-35-24-12-11-21(15-25(24)36-2)27(33)30-23(16-22-5-4-14-37-22)28(34)29-17-19-7-9-20(10-8-19)18-31-13-3-6-26(31)32/h4-5,7-12,14-16H,3,6,13,17-18H2,1-2H3,(H,29,34)(H,30,33)/b23-16-. The molecule has 192 valence electrons. The van der Waals surface area contributed by atoms with Gasteiger partial charge >= 0.3 is 0 Å². The van der Waals surface area contributed by atoms with Crippen LogP contribution in [0.4, 0.5) is 0 Å². The maximum Gasteiger partial charge on any atom is 0.268 e. The lowest BCUT2D eigenvalue weighted by Crippen LogP contribution is -2.34. The van der Waals surface area contributed by atoms with Gasteiger partial charge in [0.1, 0.15) is 5.70 Å². The third kappa shape index (κ3) is 6.77. The van der Waals surface area contributed by atoms with Crippen molar-refractivity contribution < 1.29 is 23.9 Å². The zero-order valence-electron chi connectivity index (χ0n) is 20.8. The average Bonchev–Trinajstić information content (AvgIpc) is 3.58. The van der Waals surface area contributed by atoms with Gasteiger partial charge in [-0.15, -0.1) is 11.3 Å². The smallest absolute Gasteiger partial charge is 0.268 e. The molecule has 0 atom stereocenters. The number of hydrogen-bond donors (Lipinski definition) is 2. The van der Waals surface area contributed by atoms with Gasteiger partial charge in [-0.2, -0.15) is 0 Å². The van der Waals surface area contributed by atoms with E-state index < -0.39 is 11.8 Å². The van der Waals surface area contributed by atoms with Crippen molar-refractivity contribution in [1.82, 2.24) is 15.5 Å². The maximum atomic E-state index is 13.1. The summed E-state index contributed by atoms with van der Waals surface area (Å²) in [6, 6.07) is 16.3.